The number of aromatic nitrogens is 3. The average Bonchev–Trinajstić information content (AvgIpc) is 3.51. The van der Waals surface area contributed by atoms with Crippen LogP contribution in [0.5, 0.6) is 5.75 Å². The van der Waals surface area contributed by atoms with Gasteiger partial charge in [0, 0.05) is 42.3 Å². The van der Waals surface area contributed by atoms with Crippen LogP contribution >= 0.6 is 0 Å². The molecule has 1 saturated carbocycles. The van der Waals surface area contributed by atoms with Crippen LogP contribution in [0.25, 0.3) is 11.0 Å². The standard InChI is InChI=1S/C22H22F3N5O2/c23-22(24,25)32-15-3-4-16(18(26)10-15)21(31)30-7-5-13(6-8-30)19-17-9-14(12-1-2-12)11-27-20(17)29-28-19/h3-4,9-13H,1-2,5-8,26H2,(H,27,28,29). The summed E-state index contributed by atoms with van der Waals surface area (Å²) in [4.78, 5) is 19.1. The first kappa shape index (κ1) is 20.6. The van der Waals surface area contributed by atoms with Gasteiger partial charge in [-0.2, -0.15) is 5.10 Å². The fourth-order valence-corrected chi connectivity index (χ4v) is 4.35. The van der Waals surface area contributed by atoms with Crippen molar-refractivity contribution in [2.75, 3.05) is 18.8 Å². The number of aromatic amines is 1. The number of halogens is 3. The molecule has 10 heteroatoms. The molecule has 3 aromatic rings. The summed E-state index contributed by atoms with van der Waals surface area (Å²) < 4.78 is 41.0. The van der Waals surface area contributed by atoms with Gasteiger partial charge in [0.15, 0.2) is 5.65 Å². The van der Waals surface area contributed by atoms with Gasteiger partial charge in [-0.15, -0.1) is 13.2 Å². The first-order valence-electron chi connectivity index (χ1n) is 10.6. The summed E-state index contributed by atoms with van der Waals surface area (Å²) in [6.45, 7) is 1.02. The Labute approximate surface area is 181 Å². The molecule has 0 radical (unpaired) electrons. The van der Waals surface area contributed by atoms with Crippen LogP contribution < -0.4 is 10.5 Å². The maximum absolute atomic E-state index is 12.9. The van der Waals surface area contributed by atoms with Gasteiger partial charge in [0.2, 0.25) is 0 Å². The molecule has 3 heterocycles. The second kappa shape index (κ2) is 7.68. The molecule has 2 fully saturated rings. The number of anilines is 1. The number of benzene rings is 1. The van der Waals surface area contributed by atoms with Gasteiger partial charge < -0.3 is 15.4 Å². The molecule has 1 aliphatic heterocycles. The quantitative estimate of drug-likeness (QED) is 0.583. The predicted molar refractivity (Wildman–Crippen MR) is 111 cm³/mol. The second-order valence-corrected chi connectivity index (χ2v) is 8.41. The normalized spacial score (nSPS) is 17.7. The van der Waals surface area contributed by atoms with E-state index in [0.717, 1.165) is 41.7 Å². The maximum atomic E-state index is 12.9. The highest BCUT2D eigenvalue weighted by atomic mass is 19.4. The Hall–Kier alpha value is -3.30. The second-order valence-electron chi connectivity index (χ2n) is 8.41. The number of hydrogen-bond donors (Lipinski definition) is 2. The molecular formula is C22H22F3N5O2. The zero-order valence-electron chi connectivity index (χ0n) is 17.2. The van der Waals surface area contributed by atoms with Gasteiger partial charge in [-0.3, -0.25) is 9.89 Å². The summed E-state index contributed by atoms with van der Waals surface area (Å²) in [6, 6.07) is 5.58. The lowest BCUT2D eigenvalue weighted by Crippen LogP contribution is -2.38. The number of carbonyl (C=O) groups is 1. The van der Waals surface area contributed by atoms with Crippen LogP contribution in [0.1, 0.15) is 59.1 Å². The number of nitrogen functional groups attached to an aromatic ring is 1. The minimum absolute atomic E-state index is 0.0455. The van der Waals surface area contributed by atoms with Crippen molar-refractivity contribution in [2.24, 2.45) is 0 Å². The van der Waals surface area contributed by atoms with Gasteiger partial charge in [-0.05, 0) is 55.4 Å². The molecule has 168 valence electrons. The number of fused-ring (bicyclic) bond motifs is 1. The number of ether oxygens (including phenoxy) is 1. The van der Waals surface area contributed by atoms with Crippen molar-refractivity contribution in [1.82, 2.24) is 20.1 Å². The average molecular weight is 445 g/mol. The Morgan fingerprint density at radius 1 is 1.12 bits per heavy atom. The van der Waals surface area contributed by atoms with E-state index in [2.05, 4.69) is 26.0 Å². The van der Waals surface area contributed by atoms with Gasteiger partial charge in [-0.1, -0.05) is 0 Å². The molecule has 0 spiro atoms. The van der Waals surface area contributed by atoms with E-state index < -0.39 is 12.1 Å². The molecule has 5 rings (SSSR count). The summed E-state index contributed by atoms with van der Waals surface area (Å²) in [6.07, 6.45) is 0.966. The third-order valence-corrected chi connectivity index (χ3v) is 6.17. The van der Waals surface area contributed by atoms with Crippen molar-refractivity contribution in [3.05, 3.63) is 47.3 Å². The lowest BCUT2D eigenvalue weighted by molar-refractivity contribution is -0.274. The molecule has 32 heavy (non-hydrogen) atoms. The number of pyridine rings is 1. The zero-order chi connectivity index (χ0) is 22.5. The van der Waals surface area contributed by atoms with Crippen LogP contribution in [-0.2, 0) is 0 Å². The topological polar surface area (TPSA) is 97.1 Å². The first-order chi connectivity index (χ1) is 15.3. The van der Waals surface area contributed by atoms with Crippen molar-refractivity contribution in [1.29, 1.82) is 0 Å². The van der Waals surface area contributed by atoms with Crippen LogP contribution in [0.4, 0.5) is 18.9 Å². The molecule has 1 amide bonds. The summed E-state index contributed by atoms with van der Waals surface area (Å²) in [7, 11) is 0. The number of alkyl halides is 3. The number of amides is 1. The van der Waals surface area contributed by atoms with E-state index in [0.29, 0.717) is 19.0 Å². The fourth-order valence-electron chi connectivity index (χ4n) is 4.35. The van der Waals surface area contributed by atoms with E-state index in [9.17, 15) is 18.0 Å². The minimum Gasteiger partial charge on any atom is -0.406 e. The minimum atomic E-state index is -4.81. The van der Waals surface area contributed by atoms with Crippen molar-refractivity contribution in [3.63, 3.8) is 0 Å². The number of piperidine rings is 1. The largest absolute Gasteiger partial charge is 0.573 e. The summed E-state index contributed by atoms with van der Waals surface area (Å²) in [5, 5.41) is 8.56. The highest BCUT2D eigenvalue weighted by Crippen LogP contribution is 2.41. The molecule has 2 aliphatic rings. The molecule has 0 bridgehead atoms. The SMILES string of the molecule is Nc1cc(OC(F)(F)F)ccc1C(=O)N1CCC(c2n[nH]c3ncc(C4CC4)cc23)CC1. The Kier molecular flexibility index (Phi) is 4.94. The van der Waals surface area contributed by atoms with E-state index in [-0.39, 0.29) is 23.1 Å². The Morgan fingerprint density at radius 2 is 1.88 bits per heavy atom. The Bertz CT molecular complexity index is 1160. The van der Waals surface area contributed by atoms with Crippen LogP contribution in [-0.4, -0.2) is 45.4 Å². The van der Waals surface area contributed by atoms with E-state index in [1.54, 1.807) is 4.90 Å². The number of rotatable bonds is 4. The summed E-state index contributed by atoms with van der Waals surface area (Å²) in [5.41, 5.74) is 8.97. The van der Waals surface area contributed by atoms with E-state index in [1.807, 2.05) is 6.20 Å². The van der Waals surface area contributed by atoms with Crippen LogP contribution in [0.15, 0.2) is 30.5 Å². The van der Waals surface area contributed by atoms with Crippen molar-refractivity contribution >= 4 is 22.6 Å². The summed E-state index contributed by atoms with van der Waals surface area (Å²) in [5.74, 6) is 0.0513. The number of likely N-dealkylation sites (tertiary alicyclic amines) is 1. The summed E-state index contributed by atoms with van der Waals surface area (Å²) >= 11 is 0. The molecule has 7 nitrogen and oxygen atoms in total. The van der Waals surface area contributed by atoms with Gasteiger partial charge in [0.1, 0.15) is 5.75 Å². The number of nitrogens with zero attached hydrogens (tertiary/aromatic N) is 3. The van der Waals surface area contributed by atoms with E-state index >= 15 is 0 Å². The number of H-pyrrole nitrogens is 1. The van der Waals surface area contributed by atoms with Gasteiger partial charge >= 0.3 is 6.36 Å². The fraction of sp³-hybridized carbons (Fsp3) is 0.409. The van der Waals surface area contributed by atoms with Crippen molar-refractivity contribution in [3.8, 4) is 5.75 Å². The van der Waals surface area contributed by atoms with Crippen molar-refractivity contribution in [2.45, 2.75) is 43.9 Å². The van der Waals surface area contributed by atoms with Gasteiger partial charge in [0.05, 0.1) is 11.3 Å². The van der Waals surface area contributed by atoms with E-state index in [1.165, 1.54) is 24.5 Å². The van der Waals surface area contributed by atoms with Crippen molar-refractivity contribution < 1.29 is 22.7 Å². The Balaban J connectivity index is 1.27. The van der Waals surface area contributed by atoms with Gasteiger partial charge in [-0.25, -0.2) is 4.98 Å². The molecule has 0 atom stereocenters. The lowest BCUT2D eigenvalue weighted by Gasteiger charge is -2.31. The molecule has 1 aliphatic carbocycles. The smallest absolute Gasteiger partial charge is 0.406 e. The predicted octanol–water partition coefficient (Wildman–Crippen LogP) is 4.34. The molecule has 2 aromatic heterocycles. The number of hydrogen-bond acceptors (Lipinski definition) is 5. The number of nitrogens with two attached hydrogens (primary N) is 1. The molecule has 3 N–H and O–H groups in total. The highest BCUT2D eigenvalue weighted by molar-refractivity contribution is 5.99. The lowest BCUT2D eigenvalue weighted by atomic mass is 9.91. The van der Waals surface area contributed by atoms with Crippen LogP contribution in [0, 0.1) is 0 Å². The molecule has 1 aromatic carbocycles. The first-order valence-corrected chi connectivity index (χ1v) is 10.6. The number of nitrogens with one attached hydrogen (secondary N) is 1. The number of carbonyl (C=O) groups excluding carboxylic acids is 1. The van der Waals surface area contributed by atoms with Crippen LogP contribution in [0.2, 0.25) is 0 Å². The maximum Gasteiger partial charge on any atom is 0.573 e. The molecule has 0 unspecified atom stereocenters. The monoisotopic (exact) mass is 445 g/mol. The van der Waals surface area contributed by atoms with Crippen LogP contribution in [0.3, 0.4) is 0 Å². The highest BCUT2D eigenvalue weighted by Gasteiger charge is 2.32. The third kappa shape index (κ3) is 4.09. The third-order valence-electron chi connectivity index (χ3n) is 6.17. The van der Waals surface area contributed by atoms with E-state index in [4.69, 9.17) is 5.73 Å². The van der Waals surface area contributed by atoms with Gasteiger partial charge in [0.25, 0.3) is 5.91 Å². The molecular weight excluding hydrogens is 423 g/mol. The Morgan fingerprint density at radius 3 is 2.53 bits per heavy atom. The zero-order valence-corrected chi connectivity index (χ0v) is 17.2. The molecule has 1 saturated heterocycles.